The van der Waals surface area contributed by atoms with Gasteiger partial charge in [-0.05, 0) is 79.5 Å². The Labute approximate surface area is 236 Å². The maximum atomic E-state index is 15.3. The van der Waals surface area contributed by atoms with Crippen molar-refractivity contribution in [1.29, 1.82) is 0 Å². The van der Waals surface area contributed by atoms with Crippen LogP contribution in [-0.4, -0.2) is 53.7 Å². The summed E-state index contributed by atoms with van der Waals surface area (Å²) in [5.41, 5.74) is 8.02. The average molecular weight is 562 g/mol. The number of nitrogens with one attached hydrogen (secondary N) is 1. The summed E-state index contributed by atoms with van der Waals surface area (Å²) in [5, 5.41) is 18.6. The Morgan fingerprint density at radius 2 is 1.95 bits per heavy atom. The van der Waals surface area contributed by atoms with Crippen molar-refractivity contribution < 1.29 is 18.7 Å². The fraction of sp³-hybridized carbons (Fsp3) is 0.400. The molecule has 214 valence electrons. The number of pyridine rings is 1. The van der Waals surface area contributed by atoms with Crippen molar-refractivity contribution in [2.75, 3.05) is 11.9 Å². The molecule has 0 radical (unpaired) electrons. The fourth-order valence-electron chi connectivity index (χ4n) is 6.07. The molecule has 0 spiro atoms. The average Bonchev–Trinajstić information content (AvgIpc) is 3.52. The number of aliphatic hydroxyl groups is 1. The predicted octanol–water partition coefficient (Wildman–Crippen LogP) is 4.53. The van der Waals surface area contributed by atoms with E-state index in [2.05, 4.69) is 20.4 Å². The summed E-state index contributed by atoms with van der Waals surface area (Å²) >= 11 is 0. The van der Waals surface area contributed by atoms with Crippen LogP contribution < -0.4 is 11.1 Å². The largest absolute Gasteiger partial charge is 0.388 e. The monoisotopic (exact) mass is 561 g/mol. The van der Waals surface area contributed by atoms with Crippen LogP contribution in [0.2, 0.25) is 0 Å². The number of carbonyl (C=O) groups is 1. The van der Waals surface area contributed by atoms with Crippen molar-refractivity contribution in [2.45, 2.75) is 63.6 Å². The van der Waals surface area contributed by atoms with Crippen LogP contribution in [0.5, 0.6) is 0 Å². The van der Waals surface area contributed by atoms with Crippen LogP contribution in [0.25, 0.3) is 16.8 Å². The van der Waals surface area contributed by atoms with Crippen LogP contribution in [0, 0.1) is 17.6 Å². The van der Waals surface area contributed by atoms with Crippen molar-refractivity contribution in [3.63, 3.8) is 0 Å². The second-order valence-electron chi connectivity index (χ2n) is 11.5. The molecule has 4 N–H and O–H groups in total. The van der Waals surface area contributed by atoms with E-state index in [0.717, 1.165) is 24.1 Å². The van der Waals surface area contributed by atoms with Gasteiger partial charge in [-0.2, -0.15) is 9.61 Å². The second-order valence-corrected chi connectivity index (χ2v) is 11.5. The molecule has 3 aromatic heterocycles. The summed E-state index contributed by atoms with van der Waals surface area (Å²) in [6, 6.07) is 7.34. The summed E-state index contributed by atoms with van der Waals surface area (Å²) in [5.74, 6) is -1.05. The minimum Gasteiger partial charge on any atom is -0.388 e. The van der Waals surface area contributed by atoms with Gasteiger partial charge in [-0.3, -0.25) is 9.78 Å². The number of nitrogens with zero attached hydrogens (tertiary/aromatic N) is 5. The Kier molecular flexibility index (Phi) is 6.95. The Balaban J connectivity index is 1.29. The molecule has 11 heteroatoms. The number of anilines is 2. The van der Waals surface area contributed by atoms with Crippen molar-refractivity contribution in [2.24, 2.45) is 11.7 Å². The van der Waals surface area contributed by atoms with Gasteiger partial charge in [0.25, 0.3) is 0 Å². The summed E-state index contributed by atoms with van der Waals surface area (Å²) in [6.45, 7) is 4.55. The number of aromatic nitrogens is 4. The van der Waals surface area contributed by atoms with Crippen LogP contribution in [0.4, 0.5) is 20.4 Å². The number of imidazole rings is 1. The number of hydrogen-bond acceptors (Lipinski definition) is 7. The van der Waals surface area contributed by atoms with E-state index in [9.17, 15) is 9.90 Å². The molecule has 1 saturated heterocycles. The Morgan fingerprint density at radius 1 is 1.17 bits per heavy atom. The van der Waals surface area contributed by atoms with Gasteiger partial charge in [0.15, 0.2) is 0 Å². The van der Waals surface area contributed by atoms with Gasteiger partial charge >= 0.3 is 0 Å². The molecule has 2 fully saturated rings. The molecule has 1 aliphatic carbocycles. The number of rotatable bonds is 6. The molecule has 0 bridgehead atoms. The third kappa shape index (κ3) is 5.04. The van der Waals surface area contributed by atoms with E-state index in [1.54, 1.807) is 42.5 Å². The normalized spacial score (nSPS) is 24.8. The van der Waals surface area contributed by atoms with Crippen LogP contribution >= 0.6 is 0 Å². The van der Waals surface area contributed by atoms with Gasteiger partial charge in [-0.25, -0.2) is 13.8 Å². The molecule has 1 saturated carbocycles. The molecule has 4 heterocycles. The summed E-state index contributed by atoms with van der Waals surface area (Å²) in [4.78, 5) is 22.3. The maximum Gasteiger partial charge on any atom is 0.229 e. The number of nitrogens with two attached hydrogens (primary N) is 1. The van der Waals surface area contributed by atoms with Gasteiger partial charge in [-0.15, -0.1) is 0 Å². The molecule has 41 heavy (non-hydrogen) atoms. The van der Waals surface area contributed by atoms with Gasteiger partial charge < -0.3 is 21.1 Å². The van der Waals surface area contributed by atoms with Gasteiger partial charge in [0.2, 0.25) is 11.9 Å². The van der Waals surface area contributed by atoms with E-state index in [4.69, 9.17) is 5.73 Å². The van der Waals surface area contributed by atoms with Crippen molar-refractivity contribution in [3.8, 4) is 11.3 Å². The summed E-state index contributed by atoms with van der Waals surface area (Å²) in [6.07, 6.45) is 7.62. The standard InChI is InChI=1S/C30H33F2N7O2/c1-17-10-19(13-26(33)30(17,2)41)21-7-8-34-15-25(21)36-29-35-14-20-5-6-24(37-39(20)29)28-22(31)11-18(12-23(28)32)16-38-9-3-4-27(38)40/h5-8,11-12,14-15,17,19,26,41H,3-4,9-10,13,16,33H2,1-2H3,(H,35,36). The highest BCUT2D eigenvalue weighted by Crippen LogP contribution is 2.43. The lowest BCUT2D eigenvalue weighted by molar-refractivity contribution is -0.128. The zero-order chi connectivity index (χ0) is 28.9. The van der Waals surface area contributed by atoms with Gasteiger partial charge in [0, 0.05) is 31.7 Å². The molecule has 4 aromatic rings. The van der Waals surface area contributed by atoms with Crippen LogP contribution in [0.15, 0.2) is 48.9 Å². The molecule has 4 atom stereocenters. The molecular weight excluding hydrogens is 528 g/mol. The van der Waals surface area contributed by atoms with E-state index in [0.29, 0.717) is 36.4 Å². The third-order valence-corrected chi connectivity index (χ3v) is 8.75. The van der Waals surface area contributed by atoms with Crippen molar-refractivity contribution >= 4 is 23.1 Å². The molecule has 1 aliphatic heterocycles. The van der Waals surface area contributed by atoms with Gasteiger partial charge in [0.05, 0.1) is 40.5 Å². The van der Waals surface area contributed by atoms with E-state index < -0.39 is 17.2 Å². The minimum absolute atomic E-state index is 0.000710. The number of carbonyl (C=O) groups excluding carboxylic acids is 1. The Bertz CT molecular complexity index is 1580. The first-order valence-corrected chi connectivity index (χ1v) is 13.9. The number of likely N-dealkylation sites (tertiary alicyclic amines) is 1. The number of fused-ring (bicyclic) bond motifs is 1. The number of benzene rings is 1. The predicted molar refractivity (Wildman–Crippen MR) is 150 cm³/mol. The quantitative estimate of drug-likeness (QED) is 0.316. The first-order valence-electron chi connectivity index (χ1n) is 13.9. The summed E-state index contributed by atoms with van der Waals surface area (Å²) in [7, 11) is 0. The second kappa shape index (κ2) is 10.5. The third-order valence-electron chi connectivity index (χ3n) is 8.75. The SMILES string of the molecule is CC1CC(c2ccncc2Nc2ncc3ccc(-c4c(F)cc(CN5CCCC5=O)cc4F)nn23)CC(N)C1(C)O. The molecule has 1 amide bonds. The molecule has 1 aromatic carbocycles. The van der Waals surface area contributed by atoms with Gasteiger partial charge in [0.1, 0.15) is 11.6 Å². The lowest BCUT2D eigenvalue weighted by Crippen LogP contribution is -2.54. The Morgan fingerprint density at radius 3 is 2.66 bits per heavy atom. The lowest BCUT2D eigenvalue weighted by atomic mass is 9.68. The highest BCUT2D eigenvalue weighted by atomic mass is 19.1. The van der Waals surface area contributed by atoms with Crippen LogP contribution in [-0.2, 0) is 11.3 Å². The smallest absolute Gasteiger partial charge is 0.229 e. The maximum absolute atomic E-state index is 15.3. The van der Waals surface area contributed by atoms with Crippen molar-refractivity contribution in [3.05, 3.63) is 71.7 Å². The molecule has 2 aliphatic rings. The number of hydrogen-bond donors (Lipinski definition) is 3. The fourth-order valence-corrected chi connectivity index (χ4v) is 6.07. The topological polar surface area (TPSA) is 122 Å². The van der Waals surface area contributed by atoms with E-state index in [-0.39, 0.29) is 41.6 Å². The van der Waals surface area contributed by atoms with E-state index in [1.807, 2.05) is 13.0 Å². The molecule has 9 nitrogen and oxygen atoms in total. The zero-order valence-electron chi connectivity index (χ0n) is 23.0. The van der Waals surface area contributed by atoms with Crippen LogP contribution in [0.1, 0.15) is 56.6 Å². The van der Waals surface area contributed by atoms with Crippen molar-refractivity contribution in [1.82, 2.24) is 24.5 Å². The number of halogens is 2. The number of amides is 1. The minimum atomic E-state index is -0.939. The first kappa shape index (κ1) is 27.2. The van der Waals surface area contributed by atoms with Gasteiger partial charge in [-0.1, -0.05) is 6.92 Å². The van der Waals surface area contributed by atoms with E-state index in [1.165, 1.54) is 16.6 Å². The molecular formula is C30H33F2N7O2. The summed E-state index contributed by atoms with van der Waals surface area (Å²) < 4.78 is 32.0. The zero-order valence-corrected chi connectivity index (χ0v) is 23.0. The molecule has 6 rings (SSSR count). The van der Waals surface area contributed by atoms with Crippen LogP contribution in [0.3, 0.4) is 0 Å². The Hall–Kier alpha value is -3.96. The molecule has 4 unspecified atom stereocenters. The lowest BCUT2D eigenvalue weighted by Gasteiger charge is -2.44. The van der Waals surface area contributed by atoms with E-state index >= 15 is 8.78 Å². The first-order chi connectivity index (χ1) is 19.6. The highest BCUT2D eigenvalue weighted by Gasteiger charge is 2.42. The highest BCUT2D eigenvalue weighted by molar-refractivity contribution is 5.78.